The molecule has 1 fully saturated rings. The van der Waals surface area contributed by atoms with E-state index in [1.54, 1.807) is 35.2 Å². The van der Waals surface area contributed by atoms with E-state index in [2.05, 4.69) is 5.32 Å². The number of hydrogen-bond acceptors (Lipinski definition) is 5. The molecule has 0 aliphatic carbocycles. The van der Waals surface area contributed by atoms with Gasteiger partial charge in [-0.1, -0.05) is 24.3 Å². The lowest BCUT2D eigenvalue weighted by molar-refractivity contribution is -0.126. The van der Waals surface area contributed by atoms with Gasteiger partial charge >= 0.3 is 0 Å². The SMILES string of the molecule is O=C(NCCCS(=O)(=O)c1ccccc1)C1CCN(C(=O)c2cccs2)CC1. The molecule has 2 amide bonds. The third kappa shape index (κ3) is 5.20. The first kappa shape index (κ1) is 20.5. The molecule has 2 heterocycles. The third-order valence-corrected chi connectivity index (χ3v) is 7.55. The van der Waals surface area contributed by atoms with Crippen LogP contribution in [0.25, 0.3) is 0 Å². The van der Waals surface area contributed by atoms with Crippen LogP contribution in [0.15, 0.2) is 52.7 Å². The number of carbonyl (C=O) groups excluding carboxylic acids is 2. The van der Waals surface area contributed by atoms with Gasteiger partial charge in [0.2, 0.25) is 5.91 Å². The van der Waals surface area contributed by atoms with Gasteiger partial charge in [0.25, 0.3) is 5.91 Å². The Labute approximate surface area is 169 Å². The van der Waals surface area contributed by atoms with E-state index in [1.807, 2.05) is 17.5 Å². The maximum absolute atomic E-state index is 12.3. The molecule has 3 rings (SSSR count). The first-order valence-corrected chi connectivity index (χ1v) is 11.9. The number of amides is 2. The Hall–Kier alpha value is -2.19. The molecule has 1 saturated heterocycles. The summed E-state index contributed by atoms with van der Waals surface area (Å²) in [5.74, 6) is -0.149. The number of sulfone groups is 1. The Morgan fingerprint density at radius 3 is 2.43 bits per heavy atom. The number of carbonyl (C=O) groups is 2. The van der Waals surface area contributed by atoms with Crippen molar-refractivity contribution in [3.05, 3.63) is 52.7 Å². The van der Waals surface area contributed by atoms with Crippen LogP contribution in [0.2, 0.25) is 0 Å². The minimum Gasteiger partial charge on any atom is -0.356 e. The maximum atomic E-state index is 12.3. The minimum absolute atomic E-state index is 0.00501. The molecule has 0 spiro atoms. The van der Waals surface area contributed by atoms with Gasteiger partial charge in [0.15, 0.2) is 9.84 Å². The summed E-state index contributed by atoms with van der Waals surface area (Å²) in [6.45, 7) is 1.47. The van der Waals surface area contributed by atoms with Gasteiger partial charge in [-0.15, -0.1) is 11.3 Å². The molecule has 0 radical (unpaired) electrons. The van der Waals surface area contributed by atoms with Crippen molar-refractivity contribution in [2.45, 2.75) is 24.2 Å². The third-order valence-electron chi connectivity index (χ3n) is 4.88. The van der Waals surface area contributed by atoms with E-state index in [1.165, 1.54) is 11.3 Å². The van der Waals surface area contributed by atoms with Crippen LogP contribution < -0.4 is 5.32 Å². The van der Waals surface area contributed by atoms with Gasteiger partial charge in [0.1, 0.15) is 0 Å². The van der Waals surface area contributed by atoms with Gasteiger partial charge in [-0.25, -0.2) is 8.42 Å². The summed E-state index contributed by atoms with van der Waals surface area (Å²) in [4.78, 5) is 27.5. The van der Waals surface area contributed by atoms with Gasteiger partial charge in [0.05, 0.1) is 15.5 Å². The van der Waals surface area contributed by atoms with E-state index in [-0.39, 0.29) is 23.5 Å². The number of likely N-dealkylation sites (tertiary alicyclic amines) is 1. The van der Waals surface area contributed by atoms with Crippen LogP contribution in [0, 0.1) is 5.92 Å². The number of rotatable bonds is 7. The zero-order valence-electron chi connectivity index (χ0n) is 15.5. The van der Waals surface area contributed by atoms with Gasteiger partial charge in [-0.05, 0) is 42.8 Å². The average Bonchev–Trinajstić information content (AvgIpc) is 3.26. The van der Waals surface area contributed by atoms with Crippen LogP contribution in [-0.4, -0.2) is 50.5 Å². The first-order chi connectivity index (χ1) is 13.5. The van der Waals surface area contributed by atoms with Crippen molar-refractivity contribution in [1.29, 1.82) is 0 Å². The van der Waals surface area contributed by atoms with E-state index in [4.69, 9.17) is 0 Å². The monoisotopic (exact) mass is 420 g/mol. The normalized spacial score (nSPS) is 15.4. The number of thiophene rings is 1. The number of benzene rings is 1. The van der Waals surface area contributed by atoms with Crippen LogP contribution in [0.4, 0.5) is 0 Å². The highest BCUT2D eigenvalue weighted by Gasteiger charge is 2.28. The summed E-state index contributed by atoms with van der Waals surface area (Å²) in [6.07, 6.45) is 1.63. The fourth-order valence-electron chi connectivity index (χ4n) is 3.26. The quantitative estimate of drug-likeness (QED) is 0.698. The number of nitrogens with zero attached hydrogens (tertiary/aromatic N) is 1. The Morgan fingerprint density at radius 2 is 1.79 bits per heavy atom. The lowest BCUT2D eigenvalue weighted by Gasteiger charge is -2.31. The van der Waals surface area contributed by atoms with Crippen LogP contribution >= 0.6 is 11.3 Å². The van der Waals surface area contributed by atoms with E-state index in [0.29, 0.717) is 43.8 Å². The van der Waals surface area contributed by atoms with Crippen LogP contribution in [-0.2, 0) is 14.6 Å². The molecular formula is C20H24N2O4S2. The van der Waals surface area contributed by atoms with Crippen molar-refractivity contribution in [3.63, 3.8) is 0 Å². The molecule has 150 valence electrons. The van der Waals surface area contributed by atoms with Crippen molar-refractivity contribution in [1.82, 2.24) is 10.2 Å². The fraction of sp³-hybridized carbons (Fsp3) is 0.400. The van der Waals surface area contributed by atoms with Gasteiger partial charge in [-0.2, -0.15) is 0 Å². The molecular weight excluding hydrogens is 396 g/mol. The Balaban J connectivity index is 1.39. The summed E-state index contributed by atoms with van der Waals surface area (Å²) in [5.41, 5.74) is 0. The molecule has 0 bridgehead atoms. The lowest BCUT2D eigenvalue weighted by atomic mass is 9.96. The Kier molecular flexibility index (Phi) is 6.85. The molecule has 8 heteroatoms. The number of piperidine rings is 1. The molecule has 1 aliphatic heterocycles. The molecule has 0 saturated carbocycles. The zero-order chi connectivity index (χ0) is 20.0. The summed E-state index contributed by atoms with van der Waals surface area (Å²) in [6, 6.07) is 12.0. The van der Waals surface area contributed by atoms with Crippen molar-refractivity contribution in [3.8, 4) is 0 Å². The number of nitrogens with one attached hydrogen (secondary N) is 1. The second-order valence-electron chi connectivity index (χ2n) is 6.82. The summed E-state index contributed by atoms with van der Waals surface area (Å²) >= 11 is 1.43. The van der Waals surface area contributed by atoms with E-state index >= 15 is 0 Å². The Bertz CT molecular complexity index is 888. The van der Waals surface area contributed by atoms with Gasteiger partial charge in [0, 0.05) is 25.6 Å². The summed E-state index contributed by atoms with van der Waals surface area (Å²) in [5, 5.41) is 4.72. The highest BCUT2D eigenvalue weighted by Crippen LogP contribution is 2.21. The van der Waals surface area contributed by atoms with Crippen molar-refractivity contribution < 1.29 is 18.0 Å². The molecule has 1 aliphatic rings. The van der Waals surface area contributed by atoms with E-state index in [9.17, 15) is 18.0 Å². The minimum atomic E-state index is -3.32. The van der Waals surface area contributed by atoms with E-state index in [0.717, 1.165) is 4.88 Å². The molecule has 1 aromatic carbocycles. The molecule has 6 nitrogen and oxygen atoms in total. The summed E-state index contributed by atoms with van der Waals surface area (Å²) < 4.78 is 24.5. The van der Waals surface area contributed by atoms with Crippen LogP contribution in [0.3, 0.4) is 0 Å². The molecule has 28 heavy (non-hydrogen) atoms. The summed E-state index contributed by atoms with van der Waals surface area (Å²) in [7, 11) is -3.32. The smallest absolute Gasteiger partial charge is 0.263 e. The molecule has 0 atom stereocenters. The highest BCUT2D eigenvalue weighted by atomic mass is 32.2. The van der Waals surface area contributed by atoms with Crippen LogP contribution in [0.1, 0.15) is 28.9 Å². The first-order valence-electron chi connectivity index (χ1n) is 9.36. The predicted octanol–water partition coefficient (Wildman–Crippen LogP) is 2.58. The van der Waals surface area contributed by atoms with E-state index < -0.39 is 9.84 Å². The molecule has 1 aromatic heterocycles. The molecule has 1 N–H and O–H groups in total. The second kappa shape index (κ2) is 9.34. The van der Waals surface area contributed by atoms with Crippen LogP contribution in [0.5, 0.6) is 0 Å². The lowest BCUT2D eigenvalue weighted by Crippen LogP contribution is -2.43. The zero-order valence-corrected chi connectivity index (χ0v) is 17.2. The maximum Gasteiger partial charge on any atom is 0.263 e. The van der Waals surface area contributed by atoms with Crippen molar-refractivity contribution in [2.24, 2.45) is 5.92 Å². The fourth-order valence-corrected chi connectivity index (χ4v) is 5.29. The largest absolute Gasteiger partial charge is 0.356 e. The molecule has 2 aromatic rings. The highest BCUT2D eigenvalue weighted by molar-refractivity contribution is 7.91. The topological polar surface area (TPSA) is 83.6 Å². The van der Waals surface area contributed by atoms with Gasteiger partial charge in [-0.3, -0.25) is 9.59 Å². The standard InChI is InChI=1S/C20H24N2O4S2/c23-19(21-11-5-15-28(25,26)17-6-2-1-3-7-17)16-9-12-22(13-10-16)20(24)18-8-4-14-27-18/h1-4,6-8,14,16H,5,9-13,15H2,(H,21,23). The van der Waals surface area contributed by atoms with Crippen molar-refractivity contribution >= 4 is 33.0 Å². The number of hydrogen-bond donors (Lipinski definition) is 1. The van der Waals surface area contributed by atoms with Crippen molar-refractivity contribution in [2.75, 3.05) is 25.4 Å². The second-order valence-corrected chi connectivity index (χ2v) is 9.88. The molecule has 0 unspecified atom stereocenters. The Morgan fingerprint density at radius 1 is 1.07 bits per heavy atom. The van der Waals surface area contributed by atoms with Gasteiger partial charge < -0.3 is 10.2 Å². The average molecular weight is 421 g/mol. The predicted molar refractivity (Wildman–Crippen MR) is 109 cm³/mol.